The molecule has 1 saturated heterocycles. The Morgan fingerprint density at radius 2 is 1.46 bits per heavy atom. The fourth-order valence-electron chi connectivity index (χ4n) is 3.73. The lowest BCUT2D eigenvalue weighted by molar-refractivity contribution is 0.389. The average Bonchev–Trinajstić information content (AvgIpc) is 3.36. The fraction of sp³-hybridized carbons (Fsp3) is 1.00. The molecular formula is C23H48O2S. The van der Waals surface area contributed by atoms with E-state index in [0.29, 0.717) is 6.10 Å². The summed E-state index contributed by atoms with van der Waals surface area (Å²) in [5.41, 5.74) is 0. The minimum atomic E-state index is -2.05. The van der Waals surface area contributed by atoms with Crippen molar-refractivity contribution < 1.29 is 8.95 Å². The number of hydrogen-bond donors (Lipinski definition) is 1. The molecule has 0 aromatic heterocycles. The first-order valence-electron chi connectivity index (χ1n) is 11.4. The van der Waals surface area contributed by atoms with Crippen LogP contribution >= 0.6 is 0 Å². The Hall–Kier alpha value is 0.110. The Labute approximate surface area is 165 Å². The zero-order valence-electron chi connectivity index (χ0n) is 18.5. The summed E-state index contributed by atoms with van der Waals surface area (Å²) in [5.74, 6) is 1.79. The number of ether oxygens (including phenoxy) is 1. The molecule has 0 N–H and O–H groups in total. The van der Waals surface area contributed by atoms with Crippen LogP contribution in [0.15, 0.2) is 0 Å². The van der Waals surface area contributed by atoms with E-state index in [2.05, 4.69) is 34.0 Å². The van der Waals surface area contributed by atoms with Crippen molar-refractivity contribution in [1.29, 1.82) is 0 Å². The highest BCUT2D eigenvalue weighted by Crippen LogP contribution is 2.30. The van der Waals surface area contributed by atoms with E-state index in [9.17, 15) is 4.21 Å². The van der Waals surface area contributed by atoms with Crippen molar-refractivity contribution in [3.05, 3.63) is 0 Å². The maximum atomic E-state index is 13.2. The largest absolute Gasteiger partial charge is 0.373 e. The fourth-order valence-corrected chi connectivity index (χ4v) is 5.79. The van der Waals surface area contributed by atoms with Gasteiger partial charge in [0.15, 0.2) is 0 Å². The van der Waals surface area contributed by atoms with Crippen molar-refractivity contribution in [1.82, 2.24) is 0 Å². The lowest BCUT2D eigenvalue weighted by atomic mass is 10.0. The lowest BCUT2D eigenvalue weighted by Gasteiger charge is -2.37. The van der Waals surface area contributed by atoms with Gasteiger partial charge in [0.05, 0.1) is 12.7 Å². The van der Waals surface area contributed by atoms with Crippen LogP contribution < -0.4 is 0 Å². The number of thiol groups is 1. The summed E-state index contributed by atoms with van der Waals surface area (Å²) in [6.07, 6.45) is 19.4. The van der Waals surface area contributed by atoms with Gasteiger partial charge in [-0.2, -0.15) is 0 Å². The SMILES string of the molecule is CC(C)CCCCCCCCCC(C)(C)[SH](C)(=O)CCCCCC1CO1. The van der Waals surface area contributed by atoms with E-state index >= 15 is 0 Å². The molecule has 1 aliphatic rings. The number of rotatable bonds is 17. The average molecular weight is 389 g/mol. The predicted octanol–water partition coefficient (Wildman–Crippen LogP) is 6.54. The van der Waals surface area contributed by atoms with Crippen LogP contribution in [-0.4, -0.2) is 33.7 Å². The molecule has 3 heteroatoms. The molecule has 1 heterocycles. The molecule has 0 amide bonds. The van der Waals surface area contributed by atoms with Gasteiger partial charge in [0, 0.05) is 10.5 Å². The highest BCUT2D eigenvalue weighted by molar-refractivity contribution is 8.03. The van der Waals surface area contributed by atoms with Gasteiger partial charge in [-0.05, 0) is 31.4 Å². The summed E-state index contributed by atoms with van der Waals surface area (Å²) in [7, 11) is -2.05. The minimum Gasteiger partial charge on any atom is -0.373 e. The number of epoxide rings is 1. The van der Waals surface area contributed by atoms with E-state index in [-0.39, 0.29) is 4.75 Å². The predicted molar refractivity (Wildman–Crippen MR) is 119 cm³/mol. The summed E-state index contributed by atoms with van der Waals surface area (Å²) in [4.78, 5) is 0. The molecular weight excluding hydrogens is 340 g/mol. The first-order valence-corrected chi connectivity index (χ1v) is 13.8. The van der Waals surface area contributed by atoms with Crippen LogP contribution in [-0.2, 0) is 14.7 Å². The van der Waals surface area contributed by atoms with Crippen molar-refractivity contribution in [2.45, 2.75) is 122 Å². The molecule has 0 aromatic carbocycles. The normalized spacial score (nSPS) is 18.5. The van der Waals surface area contributed by atoms with Gasteiger partial charge in [0.2, 0.25) is 0 Å². The van der Waals surface area contributed by atoms with Gasteiger partial charge in [-0.25, -0.2) is 0 Å². The monoisotopic (exact) mass is 388 g/mol. The second-order valence-electron chi connectivity index (χ2n) is 9.85. The van der Waals surface area contributed by atoms with Crippen molar-refractivity contribution in [3.63, 3.8) is 0 Å². The molecule has 0 saturated carbocycles. The van der Waals surface area contributed by atoms with Crippen LogP contribution in [0.4, 0.5) is 0 Å². The van der Waals surface area contributed by atoms with Crippen molar-refractivity contribution in [2.75, 3.05) is 18.6 Å². The molecule has 1 atom stereocenters. The van der Waals surface area contributed by atoms with E-state index < -0.39 is 9.93 Å². The second kappa shape index (κ2) is 12.5. The topological polar surface area (TPSA) is 29.6 Å². The van der Waals surface area contributed by atoms with E-state index in [4.69, 9.17) is 4.74 Å². The molecule has 0 bridgehead atoms. The minimum absolute atomic E-state index is 0.0177. The third kappa shape index (κ3) is 11.1. The zero-order chi connectivity index (χ0) is 19.5. The Morgan fingerprint density at radius 1 is 0.923 bits per heavy atom. The molecule has 158 valence electrons. The van der Waals surface area contributed by atoms with Crippen molar-refractivity contribution in [3.8, 4) is 0 Å². The van der Waals surface area contributed by atoms with Gasteiger partial charge in [0.1, 0.15) is 0 Å². The molecule has 2 nitrogen and oxygen atoms in total. The van der Waals surface area contributed by atoms with Crippen LogP contribution in [0, 0.1) is 5.92 Å². The van der Waals surface area contributed by atoms with E-state index in [0.717, 1.165) is 31.1 Å². The van der Waals surface area contributed by atoms with Crippen LogP contribution in [0.1, 0.15) is 111 Å². The molecule has 0 spiro atoms. The third-order valence-electron chi connectivity index (χ3n) is 6.36. The highest BCUT2D eigenvalue weighted by Gasteiger charge is 2.30. The van der Waals surface area contributed by atoms with Gasteiger partial charge in [-0.3, -0.25) is 4.21 Å². The summed E-state index contributed by atoms with van der Waals surface area (Å²) < 4.78 is 18.5. The first-order chi connectivity index (χ1) is 12.2. The van der Waals surface area contributed by atoms with Crippen LogP contribution in [0.5, 0.6) is 0 Å². The zero-order valence-corrected chi connectivity index (χ0v) is 19.4. The maximum absolute atomic E-state index is 13.2. The van der Waals surface area contributed by atoms with Gasteiger partial charge in [-0.15, -0.1) is 9.93 Å². The molecule has 0 aliphatic carbocycles. The van der Waals surface area contributed by atoms with Crippen LogP contribution in [0.3, 0.4) is 0 Å². The standard InChI is InChI=1S/C23H48O2S/c1-21(2)16-12-9-7-6-8-10-14-18-23(3,4)26(5,24)19-15-11-13-17-22-20-25-22/h21-22,26H,6-20H2,1-5H3. The molecule has 1 unspecified atom stereocenters. The molecule has 26 heavy (non-hydrogen) atoms. The second-order valence-corrected chi connectivity index (χ2v) is 13.7. The third-order valence-corrected chi connectivity index (χ3v) is 10.3. The van der Waals surface area contributed by atoms with Crippen molar-refractivity contribution in [2.24, 2.45) is 5.92 Å². The smallest absolute Gasteiger partial charge is 0.0810 e. The van der Waals surface area contributed by atoms with Crippen molar-refractivity contribution >= 4 is 9.93 Å². The Kier molecular flexibility index (Phi) is 11.7. The highest BCUT2D eigenvalue weighted by atomic mass is 32.2. The summed E-state index contributed by atoms with van der Waals surface area (Å²) in [6.45, 7) is 10.1. The Bertz CT molecular complexity index is 399. The number of unbranched alkanes of at least 4 members (excludes halogenated alkanes) is 8. The van der Waals surface area contributed by atoms with E-state index in [1.165, 1.54) is 70.6 Å². The van der Waals surface area contributed by atoms with Gasteiger partial charge >= 0.3 is 0 Å². The summed E-state index contributed by atoms with van der Waals surface area (Å²) in [5, 5.41) is 0. The lowest BCUT2D eigenvalue weighted by Crippen LogP contribution is -2.39. The molecule has 1 aliphatic heterocycles. The molecule has 0 radical (unpaired) electrons. The van der Waals surface area contributed by atoms with Gasteiger partial charge in [0.25, 0.3) is 0 Å². The van der Waals surface area contributed by atoms with E-state index in [1.54, 1.807) is 0 Å². The van der Waals surface area contributed by atoms with Gasteiger partial charge in [-0.1, -0.05) is 91.9 Å². The summed E-state index contributed by atoms with van der Waals surface area (Å²) in [6, 6.07) is 0. The number of hydrogen-bond acceptors (Lipinski definition) is 2. The molecule has 0 aromatic rings. The first kappa shape index (κ1) is 24.1. The summed E-state index contributed by atoms with van der Waals surface area (Å²) >= 11 is 0. The molecule has 1 fully saturated rings. The Morgan fingerprint density at radius 3 is 2.04 bits per heavy atom. The van der Waals surface area contributed by atoms with Gasteiger partial charge < -0.3 is 4.74 Å². The quantitative estimate of drug-likeness (QED) is 0.174. The molecule has 1 rings (SSSR count). The van der Waals surface area contributed by atoms with Crippen LogP contribution in [0.25, 0.3) is 0 Å². The van der Waals surface area contributed by atoms with E-state index in [1.807, 2.05) is 0 Å². The Balaban J connectivity index is 2.03. The maximum Gasteiger partial charge on any atom is 0.0810 e. The van der Waals surface area contributed by atoms with Crippen LogP contribution in [0.2, 0.25) is 0 Å².